The van der Waals surface area contributed by atoms with Gasteiger partial charge in [-0.15, -0.1) is 13.2 Å². The highest BCUT2D eigenvalue weighted by atomic mass is 35.5. The number of para-hydroxylation sites is 2. The molecule has 0 atom stereocenters. The number of anilines is 1. The maximum absolute atomic E-state index is 12.0. The average molecular weight is 252 g/mol. The normalized spacial score (nSPS) is 11.8. The molecule has 0 saturated carbocycles. The summed E-state index contributed by atoms with van der Waals surface area (Å²) in [4.78, 5) is 0. The smallest absolute Gasteiger partial charge is 0.404 e. The van der Waals surface area contributed by atoms with Crippen LogP contribution in [-0.4, -0.2) is 12.9 Å². The number of alkyl halides is 3. The van der Waals surface area contributed by atoms with Crippen LogP contribution in [0.4, 0.5) is 18.9 Å². The standard InChI is InChI=1S/C10H9ClF3NO/c11-6-3-7-15-8-4-1-2-5-9(8)16-10(12,13)14/h1-6,15H,7H2/b6-3+. The van der Waals surface area contributed by atoms with Crippen LogP contribution in [0.1, 0.15) is 0 Å². The number of benzene rings is 1. The number of hydrogen-bond donors (Lipinski definition) is 1. The molecule has 16 heavy (non-hydrogen) atoms. The number of rotatable bonds is 4. The zero-order valence-corrected chi connectivity index (χ0v) is 8.85. The molecule has 0 aromatic heterocycles. The summed E-state index contributed by atoms with van der Waals surface area (Å²) in [5.41, 5.74) is 1.54. The molecule has 0 spiro atoms. The number of ether oxygens (including phenoxy) is 1. The van der Waals surface area contributed by atoms with Crippen LogP contribution in [-0.2, 0) is 0 Å². The highest BCUT2D eigenvalue weighted by Crippen LogP contribution is 2.29. The Morgan fingerprint density at radius 1 is 1.31 bits per heavy atom. The van der Waals surface area contributed by atoms with Crippen LogP contribution in [0.3, 0.4) is 0 Å². The quantitative estimate of drug-likeness (QED) is 0.880. The minimum atomic E-state index is -4.69. The van der Waals surface area contributed by atoms with Gasteiger partial charge in [-0.2, -0.15) is 0 Å². The second kappa shape index (κ2) is 5.65. The molecule has 0 saturated heterocycles. The summed E-state index contributed by atoms with van der Waals surface area (Å²) in [6.45, 7) is 0.321. The third-order valence-corrected chi connectivity index (χ3v) is 1.79. The minimum Gasteiger partial charge on any atom is -0.404 e. The van der Waals surface area contributed by atoms with Gasteiger partial charge in [0.25, 0.3) is 0 Å². The molecule has 1 aromatic rings. The van der Waals surface area contributed by atoms with Crippen molar-refractivity contribution < 1.29 is 17.9 Å². The molecule has 0 bridgehead atoms. The van der Waals surface area contributed by atoms with E-state index >= 15 is 0 Å². The van der Waals surface area contributed by atoms with E-state index in [1.807, 2.05) is 0 Å². The van der Waals surface area contributed by atoms with E-state index in [0.717, 1.165) is 0 Å². The number of nitrogens with one attached hydrogen (secondary N) is 1. The van der Waals surface area contributed by atoms with Gasteiger partial charge in [-0.3, -0.25) is 0 Å². The van der Waals surface area contributed by atoms with Gasteiger partial charge in [0.1, 0.15) is 0 Å². The van der Waals surface area contributed by atoms with Crippen molar-refractivity contribution in [2.45, 2.75) is 6.36 Å². The van der Waals surface area contributed by atoms with E-state index in [2.05, 4.69) is 10.1 Å². The fraction of sp³-hybridized carbons (Fsp3) is 0.200. The van der Waals surface area contributed by atoms with Crippen molar-refractivity contribution in [3.8, 4) is 5.75 Å². The van der Waals surface area contributed by atoms with Gasteiger partial charge in [0, 0.05) is 12.1 Å². The lowest BCUT2D eigenvalue weighted by Gasteiger charge is -2.13. The van der Waals surface area contributed by atoms with E-state index in [1.165, 1.54) is 23.7 Å². The Hall–Kier alpha value is -1.36. The maximum Gasteiger partial charge on any atom is 0.573 e. The summed E-state index contributed by atoms with van der Waals surface area (Å²) in [6.07, 6.45) is -3.13. The SMILES string of the molecule is FC(F)(F)Oc1ccccc1NC/C=C/Cl. The Morgan fingerprint density at radius 2 is 2.00 bits per heavy atom. The molecule has 0 amide bonds. The molecule has 0 aliphatic carbocycles. The second-order valence-electron chi connectivity index (χ2n) is 2.79. The van der Waals surface area contributed by atoms with Crippen LogP contribution < -0.4 is 10.1 Å². The van der Waals surface area contributed by atoms with Gasteiger partial charge in [-0.05, 0) is 12.1 Å². The molecule has 0 unspecified atom stereocenters. The molecule has 0 aliphatic rings. The van der Waals surface area contributed by atoms with E-state index in [0.29, 0.717) is 6.54 Å². The van der Waals surface area contributed by atoms with Crippen molar-refractivity contribution >= 4 is 17.3 Å². The summed E-state index contributed by atoms with van der Waals surface area (Å²) in [5.74, 6) is -0.266. The Kier molecular flexibility index (Phi) is 4.49. The predicted octanol–water partition coefficient (Wildman–Crippen LogP) is 3.75. The van der Waals surface area contributed by atoms with Crippen LogP contribution in [0.2, 0.25) is 0 Å². The molecular formula is C10H9ClF3NO. The van der Waals surface area contributed by atoms with E-state index in [4.69, 9.17) is 11.6 Å². The van der Waals surface area contributed by atoms with E-state index in [1.54, 1.807) is 12.1 Å². The van der Waals surface area contributed by atoms with Gasteiger partial charge < -0.3 is 10.1 Å². The van der Waals surface area contributed by atoms with E-state index in [9.17, 15) is 13.2 Å². The molecule has 1 aromatic carbocycles. The molecule has 0 aliphatic heterocycles. The molecular weight excluding hydrogens is 243 g/mol. The third-order valence-electron chi connectivity index (χ3n) is 1.61. The first kappa shape index (κ1) is 12.7. The minimum absolute atomic E-state index is 0.259. The molecule has 6 heteroatoms. The summed E-state index contributed by atoms with van der Waals surface area (Å²) in [7, 11) is 0. The summed E-state index contributed by atoms with van der Waals surface area (Å²) < 4.78 is 39.9. The largest absolute Gasteiger partial charge is 0.573 e. The first-order valence-corrected chi connectivity index (χ1v) is 4.80. The zero-order valence-electron chi connectivity index (χ0n) is 8.09. The Morgan fingerprint density at radius 3 is 2.62 bits per heavy atom. The van der Waals surface area contributed by atoms with Crippen molar-refractivity contribution in [3.63, 3.8) is 0 Å². The van der Waals surface area contributed by atoms with Crippen molar-refractivity contribution in [1.29, 1.82) is 0 Å². The topological polar surface area (TPSA) is 21.3 Å². The molecule has 1 N–H and O–H groups in total. The lowest BCUT2D eigenvalue weighted by Crippen LogP contribution is -2.18. The fourth-order valence-electron chi connectivity index (χ4n) is 1.04. The van der Waals surface area contributed by atoms with Crippen LogP contribution in [0.25, 0.3) is 0 Å². The van der Waals surface area contributed by atoms with Gasteiger partial charge >= 0.3 is 6.36 Å². The van der Waals surface area contributed by atoms with Crippen molar-refractivity contribution in [2.24, 2.45) is 0 Å². The van der Waals surface area contributed by atoms with Crippen LogP contribution in [0, 0.1) is 0 Å². The monoisotopic (exact) mass is 251 g/mol. The molecule has 1 rings (SSSR count). The van der Waals surface area contributed by atoms with Gasteiger partial charge in [0.2, 0.25) is 0 Å². The molecule has 2 nitrogen and oxygen atoms in total. The molecule has 88 valence electrons. The van der Waals surface area contributed by atoms with Crippen LogP contribution in [0.15, 0.2) is 35.9 Å². The lowest BCUT2D eigenvalue weighted by molar-refractivity contribution is -0.274. The predicted molar refractivity (Wildman–Crippen MR) is 56.6 cm³/mol. The first-order valence-electron chi connectivity index (χ1n) is 4.37. The van der Waals surface area contributed by atoms with Crippen molar-refractivity contribution in [1.82, 2.24) is 0 Å². The average Bonchev–Trinajstić information content (AvgIpc) is 2.19. The van der Waals surface area contributed by atoms with Gasteiger partial charge in [-0.25, -0.2) is 0 Å². The van der Waals surface area contributed by atoms with Crippen molar-refractivity contribution in [3.05, 3.63) is 35.9 Å². The number of halogens is 4. The number of hydrogen-bond acceptors (Lipinski definition) is 2. The summed E-state index contributed by atoms with van der Waals surface area (Å²) >= 11 is 5.28. The Labute approximate surface area is 95.7 Å². The Balaban J connectivity index is 2.75. The van der Waals surface area contributed by atoms with E-state index < -0.39 is 6.36 Å². The van der Waals surface area contributed by atoms with Gasteiger partial charge in [0.15, 0.2) is 5.75 Å². The molecule has 0 fully saturated rings. The molecule has 0 heterocycles. The Bertz CT molecular complexity index is 365. The highest BCUT2D eigenvalue weighted by Gasteiger charge is 2.31. The van der Waals surface area contributed by atoms with Crippen LogP contribution >= 0.6 is 11.6 Å². The van der Waals surface area contributed by atoms with E-state index in [-0.39, 0.29) is 11.4 Å². The van der Waals surface area contributed by atoms with Gasteiger partial charge in [0.05, 0.1) is 5.69 Å². The summed E-state index contributed by atoms with van der Waals surface area (Å²) in [6, 6.07) is 5.79. The first-order chi connectivity index (χ1) is 7.53. The lowest BCUT2D eigenvalue weighted by atomic mass is 10.3. The molecule has 0 radical (unpaired) electrons. The fourth-order valence-corrected chi connectivity index (χ4v) is 1.13. The second-order valence-corrected chi connectivity index (χ2v) is 3.04. The van der Waals surface area contributed by atoms with Gasteiger partial charge in [-0.1, -0.05) is 29.8 Å². The van der Waals surface area contributed by atoms with Crippen LogP contribution in [0.5, 0.6) is 5.75 Å². The maximum atomic E-state index is 12.0. The third kappa shape index (κ3) is 4.44. The van der Waals surface area contributed by atoms with Crippen molar-refractivity contribution in [2.75, 3.05) is 11.9 Å². The highest BCUT2D eigenvalue weighted by molar-refractivity contribution is 6.25. The summed E-state index contributed by atoms with van der Waals surface area (Å²) in [5, 5.41) is 2.74. The zero-order chi connectivity index (χ0) is 12.0.